The van der Waals surface area contributed by atoms with Gasteiger partial charge in [0, 0.05) is 26.2 Å². The quantitative estimate of drug-likeness (QED) is 0.121. The minimum atomic E-state index is -1.63. The Hall–Kier alpha value is -6.04. The van der Waals surface area contributed by atoms with Crippen LogP contribution >= 0.6 is 0 Å². The maximum atomic E-state index is 14.9. The molecule has 1 heterocycles. The first kappa shape index (κ1) is 35.8. The van der Waals surface area contributed by atoms with Gasteiger partial charge in [-0.1, -0.05) is 74.5 Å². The van der Waals surface area contributed by atoms with Crippen LogP contribution < -0.4 is 9.47 Å². The molecule has 12 heteroatoms. The van der Waals surface area contributed by atoms with Crippen molar-refractivity contribution in [3.8, 4) is 23.0 Å². The number of tetrazole rings is 1. The molecule has 268 valence electrons. The van der Waals surface area contributed by atoms with Crippen molar-refractivity contribution in [3.63, 3.8) is 0 Å². The third-order valence-corrected chi connectivity index (χ3v) is 9.30. The molecule has 2 amide bonds. The summed E-state index contributed by atoms with van der Waals surface area (Å²) in [6, 6.07) is 33.8. The van der Waals surface area contributed by atoms with E-state index in [4.69, 9.17) is 9.47 Å². The highest BCUT2D eigenvalue weighted by Gasteiger charge is 2.68. The van der Waals surface area contributed by atoms with Crippen LogP contribution in [0.3, 0.4) is 0 Å². The Morgan fingerprint density at radius 1 is 0.731 bits per heavy atom. The molecule has 1 aliphatic carbocycles. The molecule has 3 atom stereocenters. The molecule has 12 nitrogen and oxygen atoms in total. The second-order valence-electron chi connectivity index (χ2n) is 12.9. The van der Waals surface area contributed by atoms with Gasteiger partial charge >= 0.3 is 5.97 Å². The molecule has 5 aromatic rings. The summed E-state index contributed by atoms with van der Waals surface area (Å²) in [7, 11) is 0. The molecule has 1 aliphatic rings. The van der Waals surface area contributed by atoms with Crippen molar-refractivity contribution in [3.05, 3.63) is 127 Å². The maximum Gasteiger partial charge on any atom is 0.307 e. The first-order chi connectivity index (χ1) is 25.3. The van der Waals surface area contributed by atoms with Gasteiger partial charge in [-0.25, -0.2) is 4.68 Å². The molecular weight excluding hydrogens is 660 g/mol. The number of ether oxygens (including phenoxy) is 2. The number of para-hydroxylation sites is 2. The Balaban J connectivity index is 1.26. The van der Waals surface area contributed by atoms with E-state index in [0.29, 0.717) is 48.9 Å². The van der Waals surface area contributed by atoms with Gasteiger partial charge in [-0.2, -0.15) is 0 Å². The van der Waals surface area contributed by atoms with Crippen LogP contribution in [0.25, 0.3) is 0 Å². The molecule has 1 N–H and O–H groups in total. The molecule has 0 radical (unpaired) electrons. The van der Waals surface area contributed by atoms with Gasteiger partial charge in [-0.05, 0) is 89.3 Å². The molecule has 0 aliphatic heterocycles. The van der Waals surface area contributed by atoms with E-state index in [0.717, 1.165) is 11.1 Å². The Kier molecular flexibility index (Phi) is 11.2. The molecule has 4 aromatic carbocycles. The van der Waals surface area contributed by atoms with Crippen LogP contribution in [-0.4, -0.2) is 66.0 Å². The number of carboxylic acids is 1. The zero-order valence-corrected chi connectivity index (χ0v) is 29.2. The number of amides is 2. The molecule has 1 saturated carbocycles. The minimum Gasteiger partial charge on any atom is -0.481 e. The fraction of sp³-hybridized carbons (Fsp3) is 0.300. The molecule has 52 heavy (non-hydrogen) atoms. The van der Waals surface area contributed by atoms with Crippen LogP contribution in [0.5, 0.6) is 23.0 Å². The molecule has 0 bridgehead atoms. The van der Waals surface area contributed by atoms with Crippen molar-refractivity contribution in [1.29, 1.82) is 0 Å². The first-order valence-electron chi connectivity index (χ1n) is 17.5. The van der Waals surface area contributed by atoms with E-state index in [1.807, 2.05) is 123 Å². The third kappa shape index (κ3) is 7.80. The van der Waals surface area contributed by atoms with Gasteiger partial charge < -0.3 is 24.4 Å². The minimum absolute atomic E-state index is 0.127. The van der Waals surface area contributed by atoms with E-state index in [9.17, 15) is 19.5 Å². The number of rotatable bonds is 16. The first-order valence-corrected chi connectivity index (χ1v) is 17.5. The normalized spacial score (nSPS) is 17.8. The van der Waals surface area contributed by atoms with E-state index < -0.39 is 35.2 Å². The molecule has 1 fully saturated rings. The predicted molar refractivity (Wildman–Crippen MR) is 192 cm³/mol. The van der Waals surface area contributed by atoms with Crippen molar-refractivity contribution in [2.75, 3.05) is 13.1 Å². The van der Waals surface area contributed by atoms with Crippen LogP contribution in [0.4, 0.5) is 0 Å². The van der Waals surface area contributed by atoms with Gasteiger partial charge in [0.1, 0.15) is 29.3 Å². The van der Waals surface area contributed by atoms with Crippen LogP contribution in [0, 0.1) is 11.8 Å². The lowest BCUT2D eigenvalue weighted by Gasteiger charge is -2.52. The Labute approximate surface area is 302 Å². The van der Waals surface area contributed by atoms with E-state index in [-0.39, 0.29) is 19.5 Å². The lowest BCUT2D eigenvalue weighted by Crippen LogP contribution is -2.69. The molecule has 3 unspecified atom stereocenters. The second kappa shape index (κ2) is 16.3. The number of carbonyl (C=O) groups excluding carboxylic acids is 2. The van der Waals surface area contributed by atoms with Gasteiger partial charge in [-0.15, -0.1) is 5.10 Å². The largest absolute Gasteiger partial charge is 0.481 e. The van der Waals surface area contributed by atoms with E-state index in [1.54, 1.807) is 9.80 Å². The van der Waals surface area contributed by atoms with E-state index in [2.05, 4.69) is 15.5 Å². The average molecular weight is 703 g/mol. The van der Waals surface area contributed by atoms with Gasteiger partial charge in [0.25, 0.3) is 5.91 Å². The highest BCUT2D eigenvalue weighted by molar-refractivity contribution is 5.98. The van der Waals surface area contributed by atoms with Crippen LogP contribution in [0.1, 0.15) is 44.2 Å². The predicted octanol–water partition coefficient (Wildman–Crippen LogP) is 6.55. The summed E-state index contributed by atoms with van der Waals surface area (Å²) in [6.07, 6.45) is 2.44. The standard InChI is InChI=1S/C40H42N6O6/c1-3-23-44(26-29-15-19-33(20-16-29)51-31-11-7-5-8-12-31)37(47)36-35(38(48)49)25-40(36,46-28-41-42-43-46)39(50)45(24-4-2)27-30-17-21-34(22-18-30)52-32-13-9-6-10-14-32/h5-22,28,35-36H,3-4,23-27H2,1-2H3,(H,48,49). The van der Waals surface area contributed by atoms with Crippen LogP contribution in [-0.2, 0) is 33.0 Å². The molecule has 0 spiro atoms. The summed E-state index contributed by atoms with van der Waals surface area (Å²) in [5.41, 5.74) is 0.0487. The topological polar surface area (TPSA) is 140 Å². The smallest absolute Gasteiger partial charge is 0.307 e. The van der Waals surface area contributed by atoms with Gasteiger partial charge in [0.2, 0.25) is 5.91 Å². The van der Waals surface area contributed by atoms with Crippen molar-refractivity contribution in [2.45, 2.75) is 51.7 Å². The number of hydrogen-bond acceptors (Lipinski definition) is 8. The number of carbonyl (C=O) groups is 3. The summed E-state index contributed by atoms with van der Waals surface area (Å²) in [4.78, 5) is 45.5. The highest BCUT2D eigenvalue weighted by Crippen LogP contribution is 2.52. The average Bonchev–Trinajstić information content (AvgIpc) is 3.68. The summed E-state index contributed by atoms with van der Waals surface area (Å²) in [6.45, 7) is 5.10. The zero-order chi connectivity index (χ0) is 36.5. The maximum absolute atomic E-state index is 14.9. The number of hydrogen-bond donors (Lipinski definition) is 1. The van der Waals surface area contributed by atoms with Crippen LogP contribution in [0.15, 0.2) is 116 Å². The summed E-state index contributed by atoms with van der Waals surface area (Å²) in [5.74, 6) is -1.63. The number of benzene rings is 4. The van der Waals surface area contributed by atoms with Gasteiger partial charge in [0.15, 0.2) is 5.54 Å². The monoisotopic (exact) mass is 702 g/mol. The number of nitrogens with zero attached hydrogens (tertiary/aromatic N) is 6. The van der Waals surface area contributed by atoms with Crippen molar-refractivity contribution in [1.82, 2.24) is 30.0 Å². The molecule has 6 rings (SSSR count). The lowest BCUT2D eigenvalue weighted by molar-refractivity contribution is -0.182. The fourth-order valence-electron chi connectivity index (χ4n) is 6.80. The van der Waals surface area contributed by atoms with Crippen molar-refractivity contribution in [2.24, 2.45) is 11.8 Å². The number of aromatic nitrogens is 4. The van der Waals surface area contributed by atoms with E-state index in [1.165, 1.54) is 11.0 Å². The van der Waals surface area contributed by atoms with Crippen molar-refractivity contribution >= 4 is 17.8 Å². The number of aliphatic carboxylic acids is 1. The number of carboxylic acid groups (broad SMARTS) is 1. The summed E-state index contributed by atoms with van der Waals surface area (Å²) in [5, 5.41) is 22.1. The summed E-state index contributed by atoms with van der Waals surface area (Å²) >= 11 is 0. The van der Waals surface area contributed by atoms with Gasteiger partial charge in [0.05, 0.1) is 11.8 Å². The second-order valence-corrected chi connectivity index (χ2v) is 12.9. The summed E-state index contributed by atoms with van der Waals surface area (Å²) < 4.78 is 13.2. The fourth-order valence-corrected chi connectivity index (χ4v) is 6.80. The lowest BCUT2D eigenvalue weighted by atomic mass is 9.57. The molecular formula is C40H42N6O6. The Morgan fingerprint density at radius 2 is 1.21 bits per heavy atom. The highest BCUT2D eigenvalue weighted by atomic mass is 16.5. The SMILES string of the molecule is CCCN(Cc1ccc(Oc2ccccc2)cc1)C(=O)C1C(C(=O)O)CC1(C(=O)N(CCC)Cc1ccc(Oc2ccccc2)cc1)n1cnnn1. The Morgan fingerprint density at radius 3 is 1.67 bits per heavy atom. The van der Waals surface area contributed by atoms with E-state index >= 15 is 0 Å². The van der Waals surface area contributed by atoms with Crippen LogP contribution in [0.2, 0.25) is 0 Å². The molecule has 0 saturated heterocycles. The van der Waals surface area contributed by atoms with Crippen molar-refractivity contribution < 1.29 is 29.0 Å². The third-order valence-electron chi connectivity index (χ3n) is 9.30. The Bertz CT molecular complexity index is 1920. The molecule has 1 aromatic heterocycles. The van der Waals surface area contributed by atoms with Gasteiger partial charge in [-0.3, -0.25) is 14.4 Å². The zero-order valence-electron chi connectivity index (χ0n) is 29.2.